The molecule has 2 aliphatic carbocycles. The van der Waals surface area contributed by atoms with Gasteiger partial charge in [0.1, 0.15) is 18.1 Å². The third-order valence-electron chi connectivity index (χ3n) is 6.91. The van der Waals surface area contributed by atoms with Crippen LogP contribution in [0.2, 0.25) is 0 Å². The summed E-state index contributed by atoms with van der Waals surface area (Å²) in [6, 6.07) is 3.23. The van der Waals surface area contributed by atoms with Crippen molar-refractivity contribution in [1.29, 1.82) is 0 Å². The Hall–Kier alpha value is -3.97. The van der Waals surface area contributed by atoms with Gasteiger partial charge in [0.25, 0.3) is 5.91 Å². The third-order valence-corrected chi connectivity index (χ3v) is 6.91. The lowest BCUT2D eigenvalue weighted by molar-refractivity contribution is -0.139. The Labute approximate surface area is 247 Å². The molecule has 2 saturated carbocycles. The maximum absolute atomic E-state index is 14.8. The first-order valence-electron chi connectivity index (χ1n) is 14.2. The molecule has 236 valence electrons. The van der Waals surface area contributed by atoms with Gasteiger partial charge in [0.2, 0.25) is 17.7 Å². The van der Waals surface area contributed by atoms with E-state index in [0.29, 0.717) is 0 Å². The highest BCUT2D eigenvalue weighted by atomic mass is 19.4. The van der Waals surface area contributed by atoms with Gasteiger partial charge in [-0.25, -0.2) is 4.39 Å². The molecule has 2 aliphatic rings. The zero-order valence-electron chi connectivity index (χ0n) is 24.6. The van der Waals surface area contributed by atoms with Crippen molar-refractivity contribution < 1.29 is 36.7 Å². The van der Waals surface area contributed by atoms with Gasteiger partial charge in [-0.1, -0.05) is 25.7 Å². The van der Waals surface area contributed by atoms with Crippen LogP contribution < -0.4 is 21.3 Å². The molecule has 2 fully saturated rings. The van der Waals surface area contributed by atoms with Crippen molar-refractivity contribution in [2.24, 2.45) is 11.8 Å². The minimum Gasteiger partial charge on any atom is -0.346 e. The molecule has 1 aromatic carbocycles. The van der Waals surface area contributed by atoms with Crippen molar-refractivity contribution in [2.75, 3.05) is 23.7 Å². The van der Waals surface area contributed by atoms with E-state index in [1.165, 1.54) is 35.7 Å². The van der Waals surface area contributed by atoms with Gasteiger partial charge in [-0.3, -0.25) is 23.9 Å². The molecule has 4 N–H and O–H groups in total. The number of hydrogen-bond acceptors (Lipinski definition) is 5. The fraction of sp³-hybridized carbons (Fsp3) is 0.552. The quantitative estimate of drug-likeness (QED) is 0.269. The van der Waals surface area contributed by atoms with E-state index in [9.17, 15) is 36.7 Å². The number of hydrogen-bond donors (Lipinski definition) is 4. The fourth-order valence-corrected chi connectivity index (χ4v) is 4.35. The number of nitrogens with zero attached hydrogens (tertiary/aromatic N) is 2. The first-order valence-corrected chi connectivity index (χ1v) is 14.2. The van der Waals surface area contributed by atoms with Crippen LogP contribution in [0.4, 0.5) is 28.9 Å². The number of anilines is 2. The molecule has 0 saturated heterocycles. The molecule has 1 atom stereocenters. The molecule has 0 aliphatic heterocycles. The van der Waals surface area contributed by atoms with Gasteiger partial charge >= 0.3 is 6.18 Å². The SMILES string of the molecule is C1CC1CC1CC1.CC(=O)Nc1cc(NC(=O)CNC(=O)c2ccnn2C(C)C)c(F)cc1C(C)C(=O)NCC(F)(F)F. The van der Waals surface area contributed by atoms with Gasteiger partial charge in [-0.2, -0.15) is 18.3 Å². The van der Waals surface area contributed by atoms with Crippen LogP contribution in [-0.4, -0.2) is 52.7 Å². The van der Waals surface area contributed by atoms with E-state index < -0.39 is 54.6 Å². The zero-order chi connectivity index (χ0) is 31.9. The molecule has 4 rings (SSSR count). The van der Waals surface area contributed by atoms with Gasteiger partial charge in [-0.15, -0.1) is 0 Å². The van der Waals surface area contributed by atoms with Crippen molar-refractivity contribution in [2.45, 2.75) is 77.9 Å². The van der Waals surface area contributed by atoms with E-state index in [1.54, 1.807) is 37.4 Å². The molecule has 4 amide bonds. The predicted molar refractivity (Wildman–Crippen MR) is 152 cm³/mol. The van der Waals surface area contributed by atoms with Crippen LogP contribution in [0, 0.1) is 17.7 Å². The first-order chi connectivity index (χ1) is 20.1. The monoisotopic (exact) mass is 610 g/mol. The molecule has 2 aromatic rings. The standard InChI is InChI=1S/C22H26F4N6O4.C7H12/c1-11(2)32-18(5-6-29-32)21(36)27-9-19(34)31-17-8-16(30-13(4)33)14(7-15(17)23)12(3)20(35)28-10-22(24,25)26;1-2-6(1)5-7-3-4-7/h5-8,11-12H,9-10H2,1-4H3,(H,27,36)(H,28,35)(H,30,33)(H,31,34);6-7H,1-5H2. The van der Waals surface area contributed by atoms with Crippen molar-refractivity contribution in [3.8, 4) is 0 Å². The lowest BCUT2D eigenvalue weighted by atomic mass is 9.97. The second-order valence-corrected chi connectivity index (χ2v) is 11.3. The van der Waals surface area contributed by atoms with Crippen LogP contribution in [-0.2, 0) is 14.4 Å². The molecular formula is C29H38F4N6O4. The minimum atomic E-state index is -4.64. The summed E-state index contributed by atoms with van der Waals surface area (Å²) < 4.78 is 53.5. The largest absolute Gasteiger partial charge is 0.405 e. The van der Waals surface area contributed by atoms with Crippen molar-refractivity contribution >= 4 is 35.0 Å². The first kappa shape index (κ1) is 33.5. The molecule has 1 unspecified atom stereocenters. The summed E-state index contributed by atoms with van der Waals surface area (Å²) in [7, 11) is 0. The highest BCUT2D eigenvalue weighted by Gasteiger charge is 2.31. The summed E-state index contributed by atoms with van der Waals surface area (Å²) in [5, 5.41) is 12.7. The van der Waals surface area contributed by atoms with Gasteiger partial charge < -0.3 is 21.3 Å². The van der Waals surface area contributed by atoms with Gasteiger partial charge in [0.15, 0.2) is 0 Å². The summed E-state index contributed by atoms with van der Waals surface area (Å²) in [6.45, 7) is 3.91. The van der Waals surface area contributed by atoms with E-state index in [1.807, 2.05) is 13.8 Å². The molecule has 0 spiro atoms. The number of aromatic nitrogens is 2. The highest BCUT2D eigenvalue weighted by Crippen LogP contribution is 2.43. The van der Waals surface area contributed by atoms with Crippen LogP contribution in [0.3, 0.4) is 0 Å². The fourth-order valence-electron chi connectivity index (χ4n) is 4.35. The van der Waals surface area contributed by atoms with E-state index in [0.717, 1.165) is 19.1 Å². The zero-order valence-corrected chi connectivity index (χ0v) is 24.6. The number of amides is 4. The number of nitrogens with one attached hydrogen (secondary N) is 4. The van der Waals surface area contributed by atoms with E-state index in [2.05, 4.69) is 21.0 Å². The van der Waals surface area contributed by atoms with E-state index in [-0.39, 0.29) is 28.7 Å². The Balaban J connectivity index is 0.000000620. The van der Waals surface area contributed by atoms with Crippen molar-refractivity contribution in [3.05, 3.63) is 41.5 Å². The summed E-state index contributed by atoms with van der Waals surface area (Å²) in [6.07, 6.45) is 4.58. The molecule has 0 bridgehead atoms. The topological polar surface area (TPSA) is 134 Å². The molecule has 1 heterocycles. The lowest BCUT2D eigenvalue weighted by Crippen LogP contribution is -2.36. The molecule has 0 radical (unpaired) electrons. The Bertz CT molecular complexity index is 1310. The molecule has 10 nitrogen and oxygen atoms in total. The van der Waals surface area contributed by atoms with Crippen LogP contribution in [0.15, 0.2) is 24.4 Å². The lowest BCUT2D eigenvalue weighted by Gasteiger charge is -2.19. The Morgan fingerprint density at radius 3 is 2.14 bits per heavy atom. The molecular weight excluding hydrogens is 572 g/mol. The number of carbonyl (C=O) groups excluding carboxylic acids is 4. The summed E-state index contributed by atoms with van der Waals surface area (Å²) >= 11 is 0. The summed E-state index contributed by atoms with van der Waals surface area (Å²) in [4.78, 5) is 48.4. The van der Waals surface area contributed by atoms with Crippen LogP contribution in [0.1, 0.15) is 87.8 Å². The predicted octanol–water partition coefficient (Wildman–Crippen LogP) is 4.91. The van der Waals surface area contributed by atoms with E-state index >= 15 is 0 Å². The van der Waals surface area contributed by atoms with Gasteiger partial charge in [0.05, 0.1) is 18.2 Å². The van der Waals surface area contributed by atoms with Crippen LogP contribution >= 0.6 is 0 Å². The van der Waals surface area contributed by atoms with Crippen LogP contribution in [0.5, 0.6) is 0 Å². The van der Waals surface area contributed by atoms with E-state index in [4.69, 9.17) is 0 Å². The van der Waals surface area contributed by atoms with Crippen LogP contribution in [0.25, 0.3) is 0 Å². The number of benzene rings is 1. The maximum Gasteiger partial charge on any atom is 0.405 e. The number of alkyl halides is 3. The number of halogens is 4. The van der Waals surface area contributed by atoms with Gasteiger partial charge in [0, 0.05) is 24.8 Å². The maximum atomic E-state index is 14.8. The number of rotatable bonds is 11. The van der Waals surface area contributed by atoms with Crippen molar-refractivity contribution in [1.82, 2.24) is 20.4 Å². The average molecular weight is 611 g/mol. The third kappa shape index (κ3) is 11.0. The molecule has 1 aromatic heterocycles. The Morgan fingerprint density at radius 2 is 1.60 bits per heavy atom. The van der Waals surface area contributed by atoms with Gasteiger partial charge in [-0.05, 0) is 62.8 Å². The van der Waals surface area contributed by atoms with Crippen molar-refractivity contribution in [3.63, 3.8) is 0 Å². The Morgan fingerprint density at radius 1 is 0.977 bits per heavy atom. The second-order valence-electron chi connectivity index (χ2n) is 11.3. The summed E-state index contributed by atoms with van der Waals surface area (Å²) in [5.74, 6) is -2.92. The highest BCUT2D eigenvalue weighted by molar-refractivity contribution is 5.99. The minimum absolute atomic E-state index is 0.0845. The second kappa shape index (κ2) is 14.5. The Kier molecular flexibility index (Phi) is 11.3. The number of carbonyl (C=O) groups is 4. The molecule has 43 heavy (non-hydrogen) atoms. The molecule has 14 heteroatoms. The average Bonchev–Trinajstić information content (AvgIpc) is 3.86. The smallest absolute Gasteiger partial charge is 0.346 e. The summed E-state index contributed by atoms with van der Waals surface area (Å²) in [5.41, 5.74) is -0.342. The normalized spacial score (nSPS) is 15.2.